The van der Waals surface area contributed by atoms with Crippen molar-refractivity contribution in [3.05, 3.63) is 60.8 Å². The van der Waals surface area contributed by atoms with Crippen molar-refractivity contribution in [1.82, 2.24) is 29.5 Å². The van der Waals surface area contributed by atoms with E-state index in [1.54, 1.807) is 28.0 Å². The number of anilines is 1. The molecule has 3 aromatic heterocycles. The van der Waals surface area contributed by atoms with Crippen LogP contribution in [-0.2, 0) is 7.05 Å². The standard InChI is InChI=1S/C17H17N7O/c1-23-10-12(7-21-23)15(25)9-18-16-14-8-22-24(17(14)20-11-19-16)13-5-3-2-4-6-13/h2-8,10-11,15,25H,9H2,1H3,(H,18,19,20). The molecule has 3 heterocycles. The smallest absolute Gasteiger partial charge is 0.168 e. The lowest BCUT2D eigenvalue weighted by atomic mass is 10.2. The van der Waals surface area contributed by atoms with Gasteiger partial charge in [0.1, 0.15) is 12.1 Å². The number of aromatic nitrogens is 6. The highest BCUT2D eigenvalue weighted by Crippen LogP contribution is 2.22. The van der Waals surface area contributed by atoms with Gasteiger partial charge >= 0.3 is 0 Å². The second kappa shape index (κ2) is 6.33. The maximum atomic E-state index is 10.3. The number of aryl methyl sites for hydroxylation is 1. The van der Waals surface area contributed by atoms with E-state index in [1.165, 1.54) is 6.33 Å². The first-order chi connectivity index (χ1) is 12.2. The monoisotopic (exact) mass is 335 g/mol. The van der Waals surface area contributed by atoms with Crippen LogP contribution < -0.4 is 5.32 Å². The lowest BCUT2D eigenvalue weighted by Crippen LogP contribution is -2.13. The van der Waals surface area contributed by atoms with Crippen molar-refractivity contribution in [2.45, 2.75) is 6.10 Å². The van der Waals surface area contributed by atoms with Crippen LogP contribution in [0.5, 0.6) is 0 Å². The number of rotatable bonds is 5. The average Bonchev–Trinajstić information content (AvgIpc) is 3.27. The van der Waals surface area contributed by atoms with Crippen molar-refractivity contribution in [3.63, 3.8) is 0 Å². The molecular formula is C17H17N7O. The van der Waals surface area contributed by atoms with E-state index in [-0.39, 0.29) is 0 Å². The largest absolute Gasteiger partial charge is 0.386 e. The number of benzene rings is 1. The Hall–Kier alpha value is -3.26. The summed E-state index contributed by atoms with van der Waals surface area (Å²) >= 11 is 0. The van der Waals surface area contributed by atoms with Gasteiger partial charge in [-0.15, -0.1) is 0 Å². The van der Waals surface area contributed by atoms with Gasteiger partial charge in [0.25, 0.3) is 0 Å². The maximum absolute atomic E-state index is 10.3. The number of nitrogens with zero attached hydrogens (tertiary/aromatic N) is 6. The predicted molar refractivity (Wildman–Crippen MR) is 93.3 cm³/mol. The first kappa shape index (κ1) is 15.3. The highest BCUT2D eigenvalue weighted by molar-refractivity contribution is 5.87. The molecule has 0 spiro atoms. The van der Waals surface area contributed by atoms with Crippen molar-refractivity contribution in [1.29, 1.82) is 0 Å². The molecular weight excluding hydrogens is 318 g/mol. The lowest BCUT2D eigenvalue weighted by Gasteiger charge is -2.11. The summed E-state index contributed by atoms with van der Waals surface area (Å²) in [5.74, 6) is 0.634. The number of fused-ring (bicyclic) bond motifs is 1. The van der Waals surface area contributed by atoms with Gasteiger partial charge in [0, 0.05) is 25.4 Å². The van der Waals surface area contributed by atoms with Gasteiger partial charge in [0.2, 0.25) is 0 Å². The summed E-state index contributed by atoms with van der Waals surface area (Å²) in [6.07, 6.45) is 5.97. The Morgan fingerprint density at radius 2 is 1.96 bits per heavy atom. The third-order valence-electron chi connectivity index (χ3n) is 3.94. The lowest BCUT2D eigenvalue weighted by molar-refractivity contribution is 0.191. The van der Waals surface area contributed by atoms with E-state index < -0.39 is 6.10 Å². The molecule has 0 radical (unpaired) electrons. The number of hydrogen-bond acceptors (Lipinski definition) is 6. The molecule has 4 rings (SSSR count). The minimum Gasteiger partial charge on any atom is -0.386 e. The summed E-state index contributed by atoms with van der Waals surface area (Å²) in [5, 5.41) is 22.7. The molecule has 25 heavy (non-hydrogen) atoms. The van der Waals surface area contributed by atoms with Crippen molar-refractivity contribution in [3.8, 4) is 5.69 Å². The third-order valence-corrected chi connectivity index (χ3v) is 3.94. The SMILES string of the molecule is Cn1cc(C(O)CNc2ncnc3c2cnn3-c2ccccc2)cn1. The molecule has 0 amide bonds. The van der Waals surface area contributed by atoms with Crippen LogP contribution >= 0.6 is 0 Å². The molecule has 0 bridgehead atoms. The fourth-order valence-corrected chi connectivity index (χ4v) is 2.67. The Balaban J connectivity index is 1.59. The summed E-state index contributed by atoms with van der Waals surface area (Å²) in [7, 11) is 1.82. The molecule has 1 atom stereocenters. The third kappa shape index (κ3) is 2.94. The Bertz CT molecular complexity index is 993. The van der Waals surface area contributed by atoms with Gasteiger partial charge in [-0.05, 0) is 12.1 Å². The van der Waals surface area contributed by atoms with Crippen LogP contribution in [0.1, 0.15) is 11.7 Å². The van der Waals surface area contributed by atoms with E-state index in [0.29, 0.717) is 18.0 Å². The van der Waals surface area contributed by atoms with E-state index in [9.17, 15) is 5.11 Å². The number of nitrogens with one attached hydrogen (secondary N) is 1. The number of para-hydroxylation sites is 1. The molecule has 0 fully saturated rings. The minimum atomic E-state index is -0.678. The van der Waals surface area contributed by atoms with Gasteiger partial charge in [0.15, 0.2) is 5.65 Å². The van der Waals surface area contributed by atoms with E-state index in [4.69, 9.17) is 0 Å². The molecule has 0 saturated carbocycles. The molecule has 0 aliphatic rings. The molecule has 2 N–H and O–H groups in total. The zero-order valence-electron chi connectivity index (χ0n) is 13.6. The first-order valence-electron chi connectivity index (χ1n) is 7.87. The van der Waals surface area contributed by atoms with Crippen molar-refractivity contribution < 1.29 is 5.11 Å². The fourth-order valence-electron chi connectivity index (χ4n) is 2.67. The van der Waals surface area contributed by atoms with Crippen molar-refractivity contribution in [2.24, 2.45) is 7.05 Å². The van der Waals surface area contributed by atoms with E-state index in [1.807, 2.05) is 37.4 Å². The number of aliphatic hydroxyl groups is 1. The van der Waals surface area contributed by atoms with Gasteiger partial charge < -0.3 is 10.4 Å². The topological polar surface area (TPSA) is 93.7 Å². The first-order valence-corrected chi connectivity index (χ1v) is 7.87. The van der Waals surface area contributed by atoms with Crippen LogP contribution in [0.4, 0.5) is 5.82 Å². The minimum absolute atomic E-state index is 0.314. The van der Waals surface area contributed by atoms with Gasteiger partial charge in [-0.25, -0.2) is 14.6 Å². The fraction of sp³-hybridized carbons (Fsp3) is 0.176. The zero-order valence-corrected chi connectivity index (χ0v) is 13.6. The normalized spacial score (nSPS) is 12.4. The van der Waals surface area contributed by atoms with Crippen LogP contribution in [0.2, 0.25) is 0 Å². The Morgan fingerprint density at radius 1 is 1.12 bits per heavy atom. The molecule has 0 aliphatic heterocycles. The van der Waals surface area contributed by atoms with Crippen LogP contribution in [0.15, 0.2) is 55.2 Å². The Kier molecular flexibility index (Phi) is 3.87. The van der Waals surface area contributed by atoms with Crippen molar-refractivity contribution in [2.75, 3.05) is 11.9 Å². The number of aliphatic hydroxyl groups excluding tert-OH is 1. The van der Waals surface area contributed by atoms with Gasteiger partial charge in [-0.1, -0.05) is 18.2 Å². The van der Waals surface area contributed by atoms with Crippen LogP contribution in [-0.4, -0.2) is 41.2 Å². The summed E-state index contributed by atoms with van der Waals surface area (Å²) in [4.78, 5) is 8.62. The molecule has 126 valence electrons. The summed E-state index contributed by atoms with van der Waals surface area (Å²) < 4.78 is 3.42. The Morgan fingerprint density at radius 3 is 2.72 bits per heavy atom. The van der Waals surface area contributed by atoms with Gasteiger partial charge in [-0.2, -0.15) is 10.2 Å². The molecule has 1 unspecified atom stereocenters. The zero-order chi connectivity index (χ0) is 17.2. The average molecular weight is 335 g/mol. The maximum Gasteiger partial charge on any atom is 0.168 e. The molecule has 8 heteroatoms. The molecule has 8 nitrogen and oxygen atoms in total. The van der Waals surface area contributed by atoms with Crippen LogP contribution in [0.25, 0.3) is 16.7 Å². The molecule has 1 aromatic carbocycles. The van der Waals surface area contributed by atoms with Crippen LogP contribution in [0.3, 0.4) is 0 Å². The van der Waals surface area contributed by atoms with Crippen LogP contribution in [0, 0.1) is 0 Å². The number of hydrogen-bond donors (Lipinski definition) is 2. The van der Waals surface area contributed by atoms with Gasteiger partial charge in [-0.3, -0.25) is 4.68 Å². The van der Waals surface area contributed by atoms with E-state index >= 15 is 0 Å². The molecule has 4 aromatic rings. The summed E-state index contributed by atoms with van der Waals surface area (Å²) in [5.41, 5.74) is 2.39. The highest BCUT2D eigenvalue weighted by atomic mass is 16.3. The molecule has 0 aliphatic carbocycles. The molecule has 0 saturated heterocycles. The van der Waals surface area contributed by atoms with E-state index in [0.717, 1.165) is 16.6 Å². The predicted octanol–water partition coefficient (Wildman–Crippen LogP) is 1.69. The second-order valence-electron chi connectivity index (χ2n) is 5.70. The summed E-state index contributed by atoms with van der Waals surface area (Å²) in [6, 6.07) is 9.79. The van der Waals surface area contributed by atoms with E-state index in [2.05, 4.69) is 25.5 Å². The summed E-state index contributed by atoms with van der Waals surface area (Å²) in [6.45, 7) is 0.314. The van der Waals surface area contributed by atoms with Crippen molar-refractivity contribution >= 4 is 16.9 Å². The van der Waals surface area contributed by atoms with Gasteiger partial charge in [0.05, 0.1) is 29.6 Å². The highest BCUT2D eigenvalue weighted by Gasteiger charge is 2.13. The second-order valence-corrected chi connectivity index (χ2v) is 5.70. The Labute approximate surface area is 143 Å². The quantitative estimate of drug-likeness (QED) is 0.576.